The molecule has 0 atom stereocenters. The molecule has 7 nitrogen and oxygen atoms in total. The number of carbonyl (C=O) groups excluding carboxylic acids is 2. The summed E-state index contributed by atoms with van der Waals surface area (Å²) in [6, 6.07) is 21.3. The van der Waals surface area contributed by atoms with E-state index < -0.39 is 0 Å². The van der Waals surface area contributed by atoms with Gasteiger partial charge in [0.05, 0.1) is 11.8 Å². The number of rotatable bonds is 6. The monoisotopic (exact) mass is 387 g/mol. The molecule has 0 unspecified atom stereocenters. The molecule has 0 radical (unpaired) electrons. The first-order valence-electron chi connectivity index (χ1n) is 8.91. The average molecular weight is 387 g/mol. The Balaban J connectivity index is 1.34. The molecule has 2 N–H and O–H groups in total. The summed E-state index contributed by atoms with van der Waals surface area (Å²) in [5.74, 6) is 0.407. The lowest BCUT2D eigenvalue weighted by molar-refractivity contribution is -0.118. The normalized spacial score (nSPS) is 10.5. The Kier molecular flexibility index (Phi) is 5.20. The van der Waals surface area contributed by atoms with E-state index >= 15 is 0 Å². The number of para-hydroxylation sites is 1. The second-order valence-corrected chi connectivity index (χ2v) is 6.19. The predicted octanol–water partition coefficient (Wildman–Crippen LogP) is 4.10. The summed E-state index contributed by atoms with van der Waals surface area (Å²) in [4.78, 5) is 28.6. The summed E-state index contributed by atoms with van der Waals surface area (Å²) in [7, 11) is 0. The maximum Gasteiger partial charge on any atom is 0.291 e. The number of furan rings is 1. The van der Waals surface area contributed by atoms with Gasteiger partial charge in [-0.05, 0) is 42.5 Å². The average Bonchev–Trinajstić information content (AvgIpc) is 3.28. The Labute approximate surface area is 166 Å². The van der Waals surface area contributed by atoms with Gasteiger partial charge >= 0.3 is 0 Å². The van der Waals surface area contributed by atoms with Crippen LogP contribution < -0.4 is 15.4 Å². The van der Waals surface area contributed by atoms with Crippen LogP contribution in [0.15, 0.2) is 83.5 Å². The molecule has 2 aromatic heterocycles. The molecule has 0 saturated heterocycles. The van der Waals surface area contributed by atoms with Crippen LogP contribution in [-0.4, -0.2) is 23.4 Å². The van der Waals surface area contributed by atoms with Gasteiger partial charge in [-0.25, -0.2) is 4.98 Å². The molecule has 2 aromatic carbocycles. The molecule has 0 fully saturated rings. The molecule has 2 amide bonds. The van der Waals surface area contributed by atoms with Crippen LogP contribution in [0.4, 0.5) is 11.5 Å². The molecule has 0 saturated carbocycles. The van der Waals surface area contributed by atoms with Crippen molar-refractivity contribution in [2.45, 2.75) is 0 Å². The van der Waals surface area contributed by atoms with E-state index in [1.165, 1.54) is 6.26 Å². The minimum absolute atomic E-state index is 0.190. The van der Waals surface area contributed by atoms with Crippen LogP contribution in [0.1, 0.15) is 10.6 Å². The van der Waals surface area contributed by atoms with Gasteiger partial charge in [-0.15, -0.1) is 0 Å². The van der Waals surface area contributed by atoms with Crippen LogP contribution in [0.25, 0.3) is 10.9 Å². The number of ether oxygens (including phenoxy) is 1. The van der Waals surface area contributed by atoms with Gasteiger partial charge in [0.15, 0.2) is 12.4 Å². The molecule has 2 heterocycles. The van der Waals surface area contributed by atoms with Crippen molar-refractivity contribution in [2.75, 3.05) is 17.2 Å². The zero-order valence-corrected chi connectivity index (χ0v) is 15.3. The number of hydrogen-bond acceptors (Lipinski definition) is 5. The maximum atomic E-state index is 12.2. The number of amides is 2. The first kappa shape index (κ1) is 18.2. The summed E-state index contributed by atoms with van der Waals surface area (Å²) in [6.07, 6.45) is 1.43. The van der Waals surface area contributed by atoms with Gasteiger partial charge in [0.2, 0.25) is 0 Å². The van der Waals surface area contributed by atoms with Crippen molar-refractivity contribution in [3.05, 3.63) is 84.8 Å². The van der Waals surface area contributed by atoms with Crippen molar-refractivity contribution in [1.29, 1.82) is 0 Å². The number of fused-ring (bicyclic) bond motifs is 1. The van der Waals surface area contributed by atoms with Crippen LogP contribution in [0, 0.1) is 0 Å². The first-order valence-corrected chi connectivity index (χ1v) is 8.91. The fourth-order valence-corrected chi connectivity index (χ4v) is 2.73. The highest BCUT2D eigenvalue weighted by molar-refractivity contribution is 6.02. The van der Waals surface area contributed by atoms with Crippen LogP contribution in [0.5, 0.6) is 5.75 Å². The van der Waals surface area contributed by atoms with Gasteiger partial charge in [0.1, 0.15) is 11.6 Å². The molecule has 4 rings (SSSR count). The van der Waals surface area contributed by atoms with Gasteiger partial charge in [-0.2, -0.15) is 0 Å². The highest BCUT2D eigenvalue weighted by Crippen LogP contribution is 2.19. The number of pyridine rings is 1. The van der Waals surface area contributed by atoms with Gasteiger partial charge in [-0.1, -0.05) is 24.3 Å². The Hall–Kier alpha value is -4.13. The minimum atomic E-state index is -0.368. The third-order valence-electron chi connectivity index (χ3n) is 4.07. The topological polar surface area (TPSA) is 93.5 Å². The van der Waals surface area contributed by atoms with Gasteiger partial charge in [0.25, 0.3) is 11.8 Å². The smallest absolute Gasteiger partial charge is 0.291 e. The minimum Gasteiger partial charge on any atom is -0.484 e. The number of anilines is 2. The van der Waals surface area contributed by atoms with E-state index in [1.54, 1.807) is 42.5 Å². The van der Waals surface area contributed by atoms with Crippen LogP contribution in [-0.2, 0) is 4.79 Å². The van der Waals surface area contributed by atoms with Crippen molar-refractivity contribution in [3.8, 4) is 5.75 Å². The molecule has 144 valence electrons. The molecular formula is C22H17N3O4. The zero-order chi connectivity index (χ0) is 20.1. The number of aromatic nitrogens is 1. The summed E-state index contributed by atoms with van der Waals surface area (Å²) in [6.45, 7) is -0.190. The zero-order valence-electron chi connectivity index (χ0n) is 15.3. The van der Waals surface area contributed by atoms with E-state index in [9.17, 15) is 9.59 Å². The third kappa shape index (κ3) is 4.59. The molecule has 0 bridgehead atoms. The predicted molar refractivity (Wildman–Crippen MR) is 109 cm³/mol. The van der Waals surface area contributed by atoms with Gasteiger partial charge < -0.3 is 19.8 Å². The van der Waals surface area contributed by atoms with Crippen molar-refractivity contribution < 1.29 is 18.7 Å². The van der Waals surface area contributed by atoms with E-state index in [2.05, 4.69) is 15.6 Å². The van der Waals surface area contributed by atoms with E-state index in [4.69, 9.17) is 9.15 Å². The van der Waals surface area contributed by atoms with Crippen molar-refractivity contribution in [2.24, 2.45) is 0 Å². The van der Waals surface area contributed by atoms with Crippen LogP contribution in [0.3, 0.4) is 0 Å². The standard InChI is InChI=1S/C22H17N3O4/c26-21(25-20-11-10-15-5-1-2-8-18(15)24-20)14-29-17-7-3-6-16(13-17)23-22(27)19-9-4-12-28-19/h1-13H,14H2,(H,23,27)(H,24,25,26). The summed E-state index contributed by atoms with van der Waals surface area (Å²) in [5, 5.41) is 6.41. The van der Waals surface area contributed by atoms with Crippen LogP contribution in [0.2, 0.25) is 0 Å². The summed E-state index contributed by atoms with van der Waals surface area (Å²) >= 11 is 0. The molecule has 7 heteroatoms. The Morgan fingerprint density at radius 2 is 1.83 bits per heavy atom. The summed E-state index contributed by atoms with van der Waals surface area (Å²) < 4.78 is 10.6. The third-order valence-corrected chi connectivity index (χ3v) is 4.07. The van der Waals surface area contributed by atoms with Gasteiger partial charge in [-0.3, -0.25) is 9.59 Å². The Bertz CT molecular complexity index is 1160. The largest absolute Gasteiger partial charge is 0.484 e. The van der Waals surface area contributed by atoms with Crippen molar-refractivity contribution in [1.82, 2.24) is 4.98 Å². The number of carbonyl (C=O) groups is 2. The number of nitrogens with zero attached hydrogens (tertiary/aromatic N) is 1. The number of nitrogens with one attached hydrogen (secondary N) is 2. The molecule has 0 spiro atoms. The van der Waals surface area contributed by atoms with Crippen molar-refractivity contribution >= 4 is 34.2 Å². The van der Waals surface area contributed by atoms with Gasteiger partial charge in [0, 0.05) is 17.1 Å². The Morgan fingerprint density at radius 1 is 0.931 bits per heavy atom. The first-order chi connectivity index (χ1) is 14.2. The molecular weight excluding hydrogens is 370 g/mol. The lowest BCUT2D eigenvalue weighted by atomic mass is 10.2. The second-order valence-electron chi connectivity index (χ2n) is 6.19. The SMILES string of the molecule is O=C(COc1cccc(NC(=O)c2ccco2)c1)Nc1ccc2ccccc2n1. The van der Waals surface area contributed by atoms with Crippen LogP contribution >= 0.6 is 0 Å². The highest BCUT2D eigenvalue weighted by Gasteiger charge is 2.10. The van der Waals surface area contributed by atoms with E-state index in [0.29, 0.717) is 17.3 Å². The molecule has 0 aliphatic rings. The fourth-order valence-electron chi connectivity index (χ4n) is 2.73. The Morgan fingerprint density at radius 3 is 2.69 bits per heavy atom. The number of hydrogen-bond donors (Lipinski definition) is 2. The highest BCUT2D eigenvalue weighted by atomic mass is 16.5. The molecule has 0 aliphatic heterocycles. The van der Waals surface area contributed by atoms with E-state index in [-0.39, 0.29) is 24.2 Å². The molecule has 0 aliphatic carbocycles. The lowest BCUT2D eigenvalue weighted by Crippen LogP contribution is -2.20. The fraction of sp³-hybridized carbons (Fsp3) is 0.0455. The summed E-state index contributed by atoms with van der Waals surface area (Å²) in [5.41, 5.74) is 1.33. The lowest BCUT2D eigenvalue weighted by Gasteiger charge is -2.09. The van der Waals surface area contributed by atoms with E-state index in [1.807, 2.05) is 30.3 Å². The molecule has 29 heavy (non-hydrogen) atoms. The van der Waals surface area contributed by atoms with Crippen molar-refractivity contribution in [3.63, 3.8) is 0 Å². The maximum absolute atomic E-state index is 12.2. The quantitative estimate of drug-likeness (QED) is 0.520. The number of benzene rings is 2. The second kappa shape index (κ2) is 8.26. The van der Waals surface area contributed by atoms with E-state index in [0.717, 1.165) is 10.9 Å². The molecule has 4 aromatic rings.